The molecule has 1 fully saturated rings. The molecule has 2 N–H and O–H groups in total. The highest BCUT2D eigenvalue weighted by Gasteiger charge is 2.25. The van der Waals surface area contributed by atoms with Crippen LogP contribution in [0.2, 0.25) is 0 Å². The molecule has 23 heavy (non-hydrogen) atoms. The third kappa shape index (κ3) is 3.98. The molecule has 5 heteroatoms. The van der Waals surface area contributed by atoms with Gasteiger partial charge >= 0.3 is 5.97 Å². The van der Waals surface area contributed by atoms with Crippen LogP contribution in [0.25, 0.3) is 10.4 Å². The van der Waals surface area contributed by atoms with Crippen LogP contribution in [-0.2, 0) is 11.3 Å². The number of rotatable bonds is 5. The van der Waals surface area contributed by atoms with Gasteiger partial charge in [0.25, 0.3) is 0 Å². The molecule has 1 aliphatic carbocycles. The van der Waals surface area contributed by atoms with Crippen LogP contribution in [0.15, 0.2) is 36.4 Å². The summed E-state index contributed by atoms with van der Waals surface area (Å²) in [6, 6.07) is 11.2. The molecular weight excluding hydrogens is 313 g/mol. The predicted molar refractivity (Wildman–Crippen MR) is 89.9 cm³/mol. The smallest absolute Gasteiger partial charge is 0.306 e. The number of carboxylic acid groups (broad SMARTS) is 1. The minimum absolute atomic E-state index is 0.178. The van der Waals surface area contributed by atoms with Crippen LogP contribution in [0.3, 0.4) is 0 Å². The molecular formula is C18H20FNO2S. The monoisotopic (exact) mass is 333 g/mol. The standard InChI is InChI=1S/C18H20FNO2S/c19-16-4-2-1-3-15(16)17-10-9-14(23-17)11-20-13-7-5-12(6-8-13)18(21)22/h1-4,9-10,12-13,20H,5-8,11H2,(H,21,22). The number of carbonyl (C=O) groups is 1. The van der Waals surface area contributed by atoms with E-state index < -0.39 is 5.97 Å². The van der Waals surface area contributed by atoms with Crippen molar-refractivity contribution in [3.8, 4) is 10.4 Å². The zero-order valence-corrected chi connectivity index (χ0v) is 13.6. The fourth-order valence-electron chi connectivity index (χ4n) is 3.07. The van der Waals surface area contributed by atoms with Gasteiger partial charge in [0.1, 0.15) is 5.82 Å². The van der Waals surface area contributed by atoms with E-state index in [2.05, 4.69) is 5.32 Å². The van der Waals surface area contributed by atoms with E-state index in [-0.39, 0.29) is 11.7 Å². The second-order valence-corrected chi connectivity index (χ2v) is 7.18. The lowest BCUT2D eigenvalue weighted by Crippen LogP contribution is -2.34. The van der Waals surface area contributed by atoms with Gasteiger partial charge in [-0.25, -0.2) is 4.39 Å². The lowest BCUT2D eigenvalue weighted by Gasteiger charge is -2.26. The number of thiophene rings is 1. The Hall–Kier alpha value is -1.72. The Morgan fingerprint density at radius 2 is 1.91 bits per heavy atom. The molecule has 0 amide bonds. The van der Waals surface area contributed by atoms with Gasteiger partial charge < -0.3 is 10.4 Å². The predicted octanol–water partition coefficient (Wildman–Crippen LogP) is 4.29. The zero-order valence-electron chi connectivity index (χ0n) is 12.8. The quantitative estimate of drug-likeness (QED) is 0.858. The Labute approximate surface area is 139 Å². The topological polar surface area (TPSA) is 49.3 Å². The van der Waals surface area contributed by atoms with Gasteiger partial charge in [-0.3, -0.25) is 4.79 Å². The number of carboxylic acids is 1. The van der Waals surface area contributed by atoms with Gasteiger partial charge in [-0.05, 0) is 43.9 Å². The number of hydrogen-bond acceptors (Lipinski definition) is 3. The Bertz CT molecular complexity index is 677. The van der Waals surface area contributed by atoms with E-state index >= 15 is 0 Å². The summed E-state index contributed by atoms with van der Waals surface area (Å²) in [5.41, 5.74) is 0.644. The molecule has 0 aliphatic heterocycles. The summed E-state index contributed by atoms with van der Waals surface area (Å²) in [5.74, 6) is -1.04. The molecule has 3 rings (SSSR count). The van der Waals surface area contributed by atoms with Crippen molar-refractivity contribution in [1.29, 1.82) is 0 Å². The summed E-state index contributed by atoms with van der Waals surface area (Å²) in [7, 11) is 0. The van der Waals surface area contributed by atoms with Crippen molar-refractivity contribution < 1.29 is 14.3 Å². The van der Waals surface area contributed by atoms with Crippen LogP contribution in [0.1, 0.15) is 30.6 Å². The molecule has 0 bridgehead atoms. The summed E-state index contributed by atoms with van der Waals surface area (Å²) >= 11 is 1.60. The molecule has 0 saturated heterocycles. The summed E-state index contributed by atoms with van der Waals surface area (Å²) in [6.07, 6.45) is 3.31. The molecule has 0 radical (unpaired) electrons. The first-order chi connectivity index (χ1) is 11.1. The van der Waals surface area contributed by atoms with E-state index in [1.54, 1.807) is 23.5 Å². The summed E-state index contributed by atoms with van der Waals surface area (Å²) in [6.45, 7) is 0.752. The van der Waals surface area contributed by atoms with E-state index in [0.717, 1.165) is 37.1 Å². The van der Waals surface area contributed by atoms with Gasteiger partial charge in [0.15, 0.2) is 0 Å². The van der Waals surface area contributed by atoms with E-state index in [1.165, 1.54) is 10.9 Å². The first-order valence-corrected chi connectivity index (χ1v) is 8.75. The zero-order chi connectivity index (χ0) is 16.2. The lowest BCUT2D eigenvalue weighted by molar-refractivity contribution is -0.142. The highest BCUT2D eigenvalue weighted by atomic mass is 32.1. The molecule has 1 aromatic heterocycles. The number of benzene rings is 1. The second kappa shape index (κ2) is 7.23. The highest BCUT2D eigenvalue weighted by molar-refractivity contribution is 7.15. The first-order valence-electron chi connectivity index (χ1n) is 7.93. The molecule has 0 unspecified atom stereocenters. The Morgan fingerprint density at radius 1 is 1.17 bits per heavy atom. The fraction of sp³-hybridized carbons (Fsp3) is 0.389. The molecule has 0 atom stereocenters. The SMILES string of the molecule is O=C(O)C1CCC(NCc2ccc(-c3ccccc3F)s2)CC1. The van der Waals surface area contributed by atoms with Crippen LogP contribution in [-0.4, -0.2) is 17.1 Å². The van der Waals surface area contributed by atoms with Crippen molar-refractivity contribution in [1.82, 2.24) is 5.32 Å². The molecule has 122 valence electrons. The van der Waals surface area contributed by atoms with Gasteiger partial charge in [0, 0.05) is 27.9 Å². The van der Waals surface area contributed by atoms with Gasteiger partial charge in [0.2, 0.25) is 0 Å². The number of halogens is 1. The lowest BCUT2D eigenvalue weighted by atomic mass is 9.86. The van der Waals surface area contributed by atoms with E-state index in [0.29, 0.717) is 11.6 Å². The Kier molecular flexibility index (Phi) is 5.08. The van der Waals surface area contributed by atoms with Gasteiger partial charge in [0.05, 0.1) is 5.92 Å². The highest BCUT2D eigenvalue weighted by Crippen LogP contribution is 2.30. The normalized spacial score (nSPS) is 21.3. The van der Waals surface area contributed by atoms with Gasteiger partial charge in [-0.1, -0.05) is 18.2 Å². The number of aliphatic carboxylic acids is 1. The molecule has 1 saturated carbocycles. The molecule has 2 aromatic rings. The molecule has 3 nitrogen and oxygen atoms in total. The molecule has 1 heterocycles. The van der Waals surface area contributed by atoms with Crippen LogP contribution in [0.5, 0.6) is 0 Å². The number of hydrogen-bond donors (Lipinski definition) is 2. The van der Waals surface area contributed by atoms with Crippen LogP contribution >= 0.6 is 11.3 Å². The van der Waals surface area contributed by atoms with Crippen molar-refractivity contribution in [2.75, 3.05) is 0 Å². The third-order valence-corrected chi connectivity index (χ3v) is 5.56. The average Bonchev–Trinajstić information content (AvgIpc) is 3.02. The maximum Gasteiger partial charge on any atom is 0.306 e. The molecule has 1 aromatic carbocycles. The maximum atomic E-state index is 13.8. The summed E-state index contributed by atoms with van der Waals surface area (Å²) in [4.78, 5) is 13.1. The summed E-state index contributed by atoms with van der Waals surface area (Å²) in [5, 5.41) is 12.5. The van der Waals surface area contributed by atoms with Gasteiger partial charge in [-0.2, -0.15) is 0 Å². The van der Waals surface area contributed by atoms with E-state index in [1.807, 2.05) is 18.2 Å². The average molecular weight is 333 g/mol. The fourth-order valence-corrected chi connectivity index (χ4v) is 4.05. The maximum absolute atomic E-state index is 13.8. The van der Waals surface area contributed by atoms with E-state index in [9.17, 15) is 9.18 Å². The van der Waals surface area contributed by atoms with Crippen molar-refractivity contribution in [3.63, 3.8) is 0 Å². The minimum atomic E-state index is -0.670. The van der Waals surface area contributed by atoms with Crippen LogP contribution < -0.4 is 5.32 Å². The molecule has 1 aliphatic rings. The van der Waals surface area contributed by atoms with Crippen molar-refractivity contribution in [3.05, 3.63) is 47.1 Å². The van der Waals surface area contributed by atoms with Crippen molar-refractivity contribution in [2.24, 2.45) is 5.92 Å². The third-order valence-electron chi connectivity index (χ3n) is 4.44. The molecule has 0 spiro atoms. The van der Waals surface area contributed by atoms with Crippen molar-refractivity contribution in [2.45, 2.75) is 38.3 Å². The minimum Gasteiger partial charge on any atom is -0.481 e. The van der Waals surface area contributed by atoms with Crippen molar-refractivity contribution >= 4 is 17.3 Å². The van der Waals surface area contributed by atoms with E-state index in [4.69, 9.17) is 5.11 Å². The first kappa shape index (κ1) is 16.1. The largest absolute Gasteiger partial charge is 0.481 e. The summed E-state index contributed by atoms with van der Waals surface area (Å²) < 4.78 is 13.8. The Balaban J connectivity index is 1.54. The number of nitrogens with one attached hydrogen (secondary N) is 1. The Morgan fingerprint density at radius 3 is 2.61 bits per heavy atom. The van der Waals surface area contributed by atoms with Gasteiger partial charge in [-0.15, -0.1) is 11.3 Å². The second-order valence-electron chi connectivity index (χ2n) is 6.01. The van der Waals surface area contributed by atoms with Crippen LogP contribution in [0, 0.1) is 11.7 Å². The van der Waals surface area contributed by atoms with Crippen LogP contribution in [0.4, 0.5) is 4.39 Å².